The van der Waals surface area contributed by atoms with Crippen molar-refractivity contribution in [3.8, 4) is 22.8 Å². The quantitative estimate of drug-likeness (QED) is 0.295. The van der Waals surface area contributed by atoms with E-state index in [0.717, 1.165) is 55.8 Å². The monoisotopic (exact) mass is 509 g/mol. The van der Waals surface area contributed by atoms with Crippen LogP contribution in [0.4, 0.5) is 5.13 Å². The van der Waals surface area contributed by atoms with Gasteiger partial charge in [0.15, 0.2) is 0 Å². The van der Waals surface area contributed by atoms with Crippen LogP contribution in [0.3, 0.4) is 0 Å². The van der Waals surface area contributed by atoms with E-state index in [2.05, 4.69) is 15.9 Å². The number of hydrogen-bond acceptors (Lipinski definition) is 7. The minimum atomic E-state index is -0.0521. The summed E-state index contributed by atoms with van der Waals surface area (Å²) in [6.07, 6.45) is 2.42. The van der Waals surface area contributed by atoms with Crippen LogP contribution in [0.25, 0.3) is 11.3 Å². The molecule has 0 bridgehead atoms. The molecule has 0 spiro atoms. The van der Waals surface area contributed by atoms with Gasteiger partial charge in [0.05, 0.1) is 36.4 Å². The molecule has 2 aromatic heterocycles. The highest BCUT2D eigenvalue weighted by Gasteiger charge is 2.33. The van der Waals surface area contributed by atoms with Crippen LogP contribution in [-0.4, -0.2) is 24.9 Å². The van der Waals surface area contributed by atoms with Gasteiger partial charge in [-0.15, -0.1) is 11.3 Å². The van der Waals surface area contributed by atoms with Gasteiger partial charge >= 0.3 is 0 Å². The van der Waals surface area contributed by atoms with Crippen molar-refractivity contribution in [2.75, 3.05) is 19.2 Å². The third kappa shape index (κ3) is 3.91. The van der Waals surface area contributed by atoms with Crippen molar-refractivity contribution >= 4 is 38.1 Å². The third-order valence-electron chi connectivity index (χ3n) is 5.34. The molecule has 0 saturated heterocycles. The molecule has 0 saturated carbocycles. The van der Waals surface area contributed by atoms with Gasteiger partial charge in [-0.1, -0.05) is 0 Å². The van der Waals surface area contributed by atoms with E-state index in [1.165, 1.54) is 0 Å². The fourth-order valence-electron chi connectivity index (χ4n) is 3.68. The SMILES string of the molecule is COc1ccc(C2=NN(c3nc(-c4ccc(OC)c(Br)c4)cs3)[C@@H](c3ccco3)C2)cc1. The summed E-state index contributed by atoms with van der Waals surface area (Å²) < 4.78 is 17.3. The number of methoxy groups -OCH3 is 2. The van der Waals surface area contributed by atoms with Crippen molar-refractivity contribution < 1.29 is 13.9 Å². The van der Waals surface area contributed by atoms with Crippen molar-refractivity contribution in [1.82, 2.24) is 4.98 Å². The molecule has 6 nitrogen and oxygen atoms in total. The summed E-state index contributed by atoms with van der Waals surface area (Å²) >= 11 is 5.12. The Morgan fingerprint density at radius 2 is 1.88 bits per heavy atom. The van der Waals surface area contributed by atoms with Gasteiger partial charge in [-0.25, -0.2) is 9.99 Å². The summed E-state index contributed by atoms with van der Waals surface area (Å²) in [5.41, 5.74) is 3.94. The largest absolute Gasteiger partial charge is 0.497 e. The lowest BCUT2D eigenvalue weighted by Gasteiger charge is -2.18. The lowest BCUT2D eigenvalue weighted by molar-refractivity contribution is 0.412. The van der Waals surface area contributed by atoms with Gasteiger partial charge in [-0.3, -0.25) is 0 Å². The predicted molar refractivity (Wildman–Crippen MR) is 130 cm³/mol. The highest BCUT2D eigenvalue weighted by Crippen LogP contribution is 2.40. The van der Waals surface area contributed by atoms with Gasteiger partial charge < -0.3 is 13.9 Å². The number of aromatic nitrogens is 1. The van der Waals surface area contributed by atoms with E-state index < -0.39 is 0 Å². The highest BCUT2D eigenvalue weighted by atomic mass is 79.9. The van der Waals surface area contributed by atoms with E-state index >= 15 is 0 Å². The molecular formula is C24H20BrN3O3S. The number of hydrogen-bond donors (Lipinski definition) is 0. The van der Waals surface area contributed by atoms with E-state index in [1.54, 1.807) is 31.8 Å². The molecule has 2 aromatic carbocycles. The van der Waals surface area contributed by atoms with Crippen molar-refractivity contribution in [3.05, 3.63) is 82.0 Å². The first-order valence-corrected chi connectivity index (χ1v) is 11.7. The zero-order valence-corrected chi connectivity index (χ0v) is 19.9. The molecule has 32 heavy (non-hydrogen) atoms. The molecule has 0 fully saturated rings. The van der Waals surface area contributed by atoms with Crippen LogP contribution in [0.1, 0.15) is 23.8 Å². The van der Waals surface area contributed by atoms with Crippen LogP contribution >= 0.6 is 27.3 Å². The van der Waals surface area contributed by atoms with Gasteiger partial charge in [-0.05, 0) is 76.1 Å². The summed E-state index contributed by atoms with van der Waals surface area (Å²) in [4.78, 5) is 4.89. The number of benzene rings is 2. The van der Waals surface area contributed by atoms with Crippen molar-refractivity contribution in [2.45, 2.75) is 12.5 Å². The summed E-state index contributed by atoms with van der Waals surface area (Å²) in [6, 6.07) is 17.7. The van der Waals surface area contributed by atoms with Crippen molar-refractivity contribution in [3.63, 3.8) is 0 Å². The molecule has 4 aromatic rings. The summed E-state index contributed by atoms with van der Waals surface area (Å²) in [6.45, 7) is 0. The first kappa shape index (κ1) is 20.8. The predicted octanol–water partition coefficient (Wildman–Crippen LogP) is 6.54. The summed E-state index contributed by atoms with van der Waals surface area (Å²) in [5.74, 6) is 2.47. The molecule has 162 valence electrons. The number of hydrazone groups is 1. The zero-order chi connectivity index (χ0) is 22.1. The Hall–Kier alpha value is -3.10. The minimum Gasteiger partial charge on any atom is -0.497 e. The molecule has 5 rings (SSSR count). The number of furan rings is 1. The lowest BCUT2D eigenvalue weighted by Crippen LogP contribution is -2.17. The molecule has 1 aliphatic heterocycles. The molecule has 0 unspecified atom stereocenters. The zero-order valence-electron chi connectivity index (χ0n) is 17.5. The Labute approximate surface area is 198 Å². The maximum atomic E-state index is 5.74. The Morgan fingerprint density at radius 1 is 1.06 bits per heavy atom. The Kier molecular flexibility index (Phi) is 5.71. The van der Waals surface area contributed by atoms with Crippen molar-refractivity contribution in [1.29, 1.82) is 0 Å². The minimum absolute atomic E-state index is 0.0521. The van der Waals surface area contributed by atoms with Crippen LogP contribution in [0.15, 0.2) is 80.2 Å². The normalized spacial score (nSPS) is 15.7. The average Bonchev–Trinajstić information content (AvgIpc) is 3.59. The summed E-state index contributed by atoms with van der Waals surface area (Å²) in [5, 5.41) is 9.77. The van der Waals surface area contributed by atoms with Gasteiger partial charge in [0.1, 0.15) is 23.3 Å². The van der Waals surface area contributed by atoms with Gasteiger partial charge in [0.25, 0.3) is 0 Å². The number of nitrogens with zero attached hydrogens (tertiary/aromatic N) is 3. The summed E-state index contributed by atoms with van der Waals surface area (Å²) in [7, 11) is 3.32. The third-order valence-corrected chi connectivity index (χ3v) is 6.79. The van der Waals surface area contributed by atoms with Crippen LogP contribution in [0.5, 0.6) is 11.5 Å². The van der Waals surface area contributed by atoms with Gasteiger partial charge in [-0.2, -0.15) is 5.10 Å². The smallest absolute Gasteiger partial charge is 0.207 e. The molecule has 0 radical (unpaired) electrons. The first-order valence-electron chi connectivity index (χ1n) is 10.00. The molecule has 8 heteroatoms. The van der Waals surface area contributed by atoms with Crippen LogP contribution < -0.4 is 14.5 Å². The Morgan fingerprint density at radius 3 is 2.56 bits per heavy atom. The topological polar surface area (TPSA) is 60.1 Å². The lowest BCUT2D eigenvalue weighted by atomic mass is 10.0. The number of thiazole rings is 1. The highest BCUT2D eigenvalue weighted by molar-refractivity contribution is 9.10. The van der Waals surface area contributed by atoms with E-state index in [0.29, 0.717) is 0 Å². The fraction of sp³-hybridized carbons (Fsp3) is 0.167. The molecule has 1 aliphatic rings. The Balaban J connectivity index is 1.49. The second kappa shape index (κ2) is 8.80. The second-order valence-corrected chi connectivity index (χ2v) is 8.91. The van der Waals surface area contributed by atoms with Crippen molar-refractivity contribution in [2.24, 2.45) is 5.10 Å². The van der Waals surface area contributed by atoms with Crippen LogP contribution in [0.2, 0.25) is 0 Å². The van der Waals surface area contributed by atoms with Crippen LogP contribution in [0, 0.1) is 0 Å². The number of anilines is 1. The number of halogens is 1. The standard InChI is InChI=1S/C24H20BrN3O3S/c1-29-17-8-5-15(6-9-17)19-13-21(23-4-3-11-31-23)28(27-19)24-26-20(14-32-24)16-7-10-22(30-2)18(25)12-16/h3-12,14,21H,13H2,1-2H3/t21-/m1/s1. The fourth-order valence-corrected chi connectivity index (χ4v) is 5.05. The molecule has 3 heterocycles. The van der Waals surface area contributed by atoms with Crippen LogP contribution in [-0.2, 0) is 0 Å². The second-order valence-electron chi connectivity index (χ2n) is 7.22. The average molecular weight is 510 g/mol. The molecular weight excluding hydrogens is 490 g/mol. The number of rotatable bonds is 6. The molecule has 0 amide bonds. The van der Waals surface area contributed by atoms with Gasteiger partial charge in [0.2, 0.25) is 5.13 Å². The van der Waals surface area contributed by atoms with E-state index in [4.69, 9.17) is 24.0 Å². The Bertz CT molecular complexity index is 1250. The maximum absolute atomic E-state index is 5.74. The molecule has 0 N–H and O–H groups in total. The van der Waals surface area contributed by atoms with E-state index in [9.17, 15) is 0 Å². The molecule has 0 aliphatic carbocycles. The maximum Gasteiger partial charge on any atom is 0.207 e. The van der Waals surface area contributed by atoms with E-state index in [1.807, 2.05) is 65.0 Å². The van der Waals surface area contributed by atoms with Gasteiger partial charge in [0, 0.05) is 17.4 Å². The molecule has 1 atom stereocenters. The first-order chi connectivity index (χ1) is 15.7. The number of ether oxygens (including phenoxy) is 2. The van der Waals surface area contributed by atoms with E-state index in [-0.39, 0.29) is 6.04 Å².